The molecule has 4 heteroatoms. The van der Waals surface area contributed by atoms with E-state index in [2.05, 4.69) is 30.3 Å². The fourth-order valence-corrected chi connectivity index (χ4v) is 3.79. The van der Waals surface area contributed by atoms with Crippen LogP contribution < -0.4 is 10.4 Å². The molecule has 0 saturated carbocycles. The lowest BCUT2D eigenvalue weighted by Crippen LogP contribution is -2.29. The molecule has 0 bridgehead atoms. The van der Waals surface area contributed by atoms with E-state index in [4.69, 9.17) is 0 Å². The van der Waals surface area contributed by atoms with E-state index in [9.17, 15) is 14.9 Å². The molecule has 0 aliphatic heterocycles. The molecule has 0 saturated heterocycles. The van der Waals surface area contributed by atoms with Crippen LogP contribution in [0.5, 0.6) is 0 Å². The van der Waals surface area contributed by atoms with Crippen molar-refractivity contribution >= 4 is 51.2 Å². The summed E-state index contributed by atoms with van der Waals surface area (Å²) >= 11 is 0. The van der Waals surface area contributed by atoms with E-state index in [-0.39, 0.29) is 11.5 Å². The number of nitro groups is 1. The van der Waals surface area contributed by atoms with Gasteiger partial charge in [0.1, 0.15) is 0 Å². The number of nitro benzene ring substituents is 1. The van der Waals surface area contributed by atoms with E-state index in [0.717, 1.165) is 26.8 Å². The quantitative estimate of drug-likeness (QED) is 0.228. The maximum Gasteiger partial charge on any atom is 0.269 e. The molecule has 4 aromatic carbocycles. The first-order valence-electron chi connectivity index (χ1n) is 9.24. The standard InChI is InChI=1S/C25H15NO3/c27-25-15-20-12-18-8-7-17-3-1-2-4-23(17)24(18)14-19(20)13-21(25)11-16-5-9-22(10-6-16)26(28)29/h1-15H. The Balaban J connectivity index is 1.68. The largest absolute Gasteiger partial charge is 0.289 e. The highest BCUT2D eigenvalue weighted by molar-refractivity contribution is 6.24. The number of allylic oxidation sites excluding steroid dienone is 1. The van der Waals surface area contributed by atoms with Gasteiger partial charge in [-0.2, -0.15) is 0 Å². The van der Waals surface area contributed by atoms with E-state index >= 15 is 0 Å². The van der Waals surface area contributed by atoms with Crippen LogP contribution in [0.15, 0.2) is 78.4 Å². The smallest absolute Gasteiger partial charge is 0.269 e. The summed E-state index contributed by atoms with van der Waals surface area (Å²) in [5.41, 5.74) is 1.34. The average molecular weight is 377 g/mol. The van der Waals surface area contributed by atoms with E-state index in [1.807, 2.05) is 24.3 Å². The summed E-state index contributed by atoms with van der Waals surface area (Å²) in [6.45, 7) is 0. The zero-order valence-corrected chi connectivity index (χ0v) is 15.3. The molecule has 0 N–H and O–H groups in total. The monoisotopic (exact) mass is 377 g/mol. The van der Waals surface area contributed by atoms with Crippen molar-refractivity contribution in [1.29, 1.82) is 0 Å². The third-order valence-electron chi connectivity index (χ3n) is 5.26. The van der Waals surface area contributed by atoms with Crippen molar-refractivity contribution in [3.63, 3.8) is 0 Å². The molecule has 4 nitrogen and oxygen atoms in total. The molecule has 0 heterocycles. The summed E-state index contributed by atoms with van der Waals surface area (Å²) in [7, 11) is 0. The normalized spacial score (nSPS) is 14.5. The van der Waals surface area contributed by atoms with Crippen molar-refractivity contribution < 1.29 is 9.72 Å². The van der Waals surface area contributed by atoms with Crippen molar-refractivity contribution in [2.75, 3.05) is 0 Å². The van der Waals surface area contributed by atoms with Crippen LogP contribution in [0.1, 0.15) is 5.56 Å². The Kier molecular flexibility index (Phi) is 3.85. The topological polar surface area (TPSA) is 60.2 Å². The molecule has 4 aromatic rings. The summed E-state index contributed by atoms with van der Waals surface area (Å²) in [5.74, 6) is -0.0732. The molecule has 0 atom stereocenters. The van der Waals surface area contributed by atoms with Gasteiger partial charge in [-0.1, -0.05) is 36.4 Å². The van der Waals surface area contributed by atoms with Crippen molar-refractivity contribution in [2.45, 2.75) is 0 Å². The predicted octanol–water partition coefficient (Wildman–Crippen LogP) is 4.13. The zero-order chi connectivity index (χ0) is 20.0. The van der Waals surface area contributed by atoms with Gasteiger partial charge >= 0.3 is 0 Å². The Hall–Kier alpha value is -4.05. The molecule has 138 valence electrons. The average Bonchev–Trinajstić information content (AvgIpc) is 2.73. The molecule has 1 aliphatic rings. The number of Topliss-reactive ketones (excluding diaryl/α,β-unsaturated/α-hetero) is 1. The molecule has 0 unspecified atom stereocenters. The molecular formula is C25H15NO3. The Labute approximate surface area is 165 Å². The first kappa shape index (κ1) is 17.1. The highest BCUT2D eigenvalue weighted by Crippen LogP contribution is 2.23. The first-order valence-corrected chi connectivity index (χ1v) is 9.24. The third-order valence-corrected chi connectivity index (χ3v) is 5.26. The number of rotatable bonds is 2. The molecule has 29 heavy (non-hydrogen) atoms. The molecule has 0 amide bonds. The minimum Gasteiger partial charge on any atom is -0.289 e. The van der Waals surface area contributed by atoms with Crippen LogP contribution in [0.25, 0.3) is 39.8 Å². The molecule has 1 aliphatic carbocycles. The van der Waals surface area contributed by atoms with Crippen LogP contribution in [-0.2, 0) is 4.79 Å². The van der Waals surface area contributed by atoms with Gasteiger partial charge in [0, 0.05) is 17.7 Å². The fourth-order valence-electron chi connectivity index (χ4n) is 3.79. The van der Waals surface area contributed by atoms with Crippen LogP contribution >= 0.6 is 0 Å². The van der Waals surface area contributed by atoms with Crippen LogP contribution in [0.4, 0.5) is 5.69 Å². The van der Waals surface area contributed by atoms with Gasteiger partial charge in [-0.3, -0.25) is 14.9 Å². The highest BCUT2D eigenvalue weighted by atomic mass is 16.6. The number of nitrogens with zero attached hydrogens (tertiary/aromatic N) is 1. The van der Waals surface area contributed by atoms with Gasteiger partial charge in [0.2, 0.25) is 0 Å². The van der Waals surface area contributed by atoms with E-state index < -0.39 is 4.92 Å². The van der Waals surface area contributed by atoms with Gasteiger partial charge in [0.05, 0.1) is 4.92 Å². The summed E-state index contributed by atoms with van der Waals surface area (Å²) in [5, 5.41) is 17.3. The van der Waals surface area contributed by atoms with Gasteiger partial charge in [-0.05, 0) is 80.0 Å². The van der Waals surface area contributed by atoms with Gasteiger partial charge < -0.3 is 0 Å². The first-order chi connectivity index (χ1) is 14.1. The lowest BCUT2D eigenvalue weighted by atomic mass is 9.95. The van der Waals surface area contributed by atoms with Crippen LogP contribution in [-0.4, -0.2) is 10.7 Å². The number of carbonyl (C=O) groups is 1. The van der Waals surface area contributed by atoms with E-state index in [0.29, 0.717) is 5.57 Å². The lowest BCUT2D eigenvalue weighted by molar-refractivity contribution is -0.384. The minimum absolute atomic E-state index is 0.0290. The fraction of sp³-hybridized carbons (Fsp3) is 0. The van der Waals surface area contributed by atoms with E-state index in [1.54, 1.807) is 24.3 Å². The number of fused-ring (bicyclic) bond motifs is 4. The van der Waals surface area contributed by atoms with Crippen LogP contribution in [0.2, 0.25) is 0 Å². The SMILES string of the molecule is O=C1C=c2cc3ccc4ccccc4c3cc2=CC1=Cc1ccc([N+](=O)[O-])cc1. The second kappa shape index (κ2) is 6.53. The number of carbonyl (C=O) groups excluding carboxylic acids is 1. The number of ketones is 1. The molecule has 5 rings (SSSR count). The summed E-state index contributed by atoms with van der Waals surface area (Å²) in [6, 6.07) is 22.8. The summed E-state index contributed by atoms with van der Waals surface area (Å²) in [6.07, 6.45) is 5.31. The zero-order valence-electron chi connectivity index (χ0n) is 15.3. The Morgan fingerprint density at radius 3 is 2.28 bits per heavy atom. The maximum atomic E-state index is 12.6. The van der Waals surface area contributed by atoms with Crippen molar-refractivity contribution in [3.05, 3.63) is 104 Å². The number of hydrogen-bond acceptors (Lipinski definition) is 3. The van der Waals surface area contributed by atoms with Crippen LogP contribution in [0.3, 0.4) is 0 Å². The van der Waals surface area contributed by atoms with Crippen LogP contribution in [0, 0.1) is 10.1 Å². The molecule has 0 aromatic heterocycles. The Bertz CT molecular complexity index is 1480. The second-order valence-electron chi connectivity index (χ2n) is 7.09. The van der Waals surface area contributed by atoms with Gasteiger partial charge in [0.25, 0.3) is 5.69 Å². The molecule has 0 spiro atoms. The van der Waals surface area contributed by atoms with Gasteiger partial charge in [-0.15, -0.1) is 0 Å². The Morgan fingerprint density at radius 2 is 1.48 bits per heavy atom. The van der Waals surface area contributed by atoms with Crippen molar-refractivity contribution in [3.8, 4) is 0 Å². The molecule has 0 radical (unpaired) electrons. The molecule has 0 fully saturated rings. The van der Waals surface area contributed by atoms with Crippen molar-refractivity contribution in [1.82, 2.24) is 0 Å². The summed E-state index contributed by atoms with van der Waals surface area (Å²) in [4.78, 5) is 23.0. The minimum atomic E-state index is -0.436. The lowest BCUT2D eigenvalue weighted by Gasteiger charge is -2.08. The van der Waals surface area contributed by atoms with Crippen molar-refractivity contribution in [2.24, 2.45) is 0 Å². The number of benzene rings is 4. The third kappa shape index (κ3) is 3.01. The summed E-state index contributed by atoms with van der Waals surface area (Å²) < 4.78 is 0. The van der Waals surface area contributed by atoms with Gasteiger partial charge in [-0.25, -0.2) is 0 Å². The maximum absolute atomic E-state index is 12.6. The van der Waals surface area contributed by atoms with E-state index in [1.165, 1.54) is 22.9 Å². The Morgan fingerprint density at radius 1 is 0.759 bits per heavy atom. The number of hydrogen-bond donors (Lipinski definition) is 0. The predicted molar refractivity (Wildman–Crippen MR) is 116 cm³/mol. The molecular weight excluding hydrogens is 362 g/mol. The number of non-ortho nitro benzene ring substituents is 1. The highest BCUT2D eigenvalue weighted by Gasteiger charge is 2.11. The van der Waals surface area contributed by atoms with Gasteiger partial charge in [0.15, 0.2) is 5.78 Å². The second-order valence-corrected chi connectivity index (χ2v) is 7.09.